The minimum Gasteiger partial charge on any atom is -0.369 e. The van der Waals surface area contributed by atoms with Crippen LogP contribution in [0.3, 0.4) is 0 Å². The van der Waals surface area contributed by atoms with Crippen molar-refractivity contribution in [1.29, 1.82) is 5.41 Å². The molecule has 3 N–H and O–H groups in total. The molecular formula is C7H16N6. The standard InChI is InChI=1S/C7H16N6/c1-6(5-10-12(2)3)11-13(4)7(8)9/h5H,1-4H3,(H3,8,9). The van der Waals surface area contributed by atoms with E-state index in [9.17, 15) is 0 Å². The molecule has 0 heterocycles. The molecule has 0 aliphatic carbocycles. The van der Waals surface area contributed by atoms with Gasteiger partial charge in [-0.25, -0.2) is 5.01 Å². The summed E-state index contributed by atoms with van der Waals surface area (Å²) in [7, 11) is 5.24. The van der Waals surface area contributed by atoms with Crippen molar-refractivity contribution < 1.29 is 0 Å². The lowest BCUT2D eigenvalue weighted by atomic mass is 10.5. The topological polar surface area (TPSA) is 81.1 Å². The molecule has 0 amide bonds. The third kappa shape index (κ3) is 5.66. The molecule has 0 fully saturated rings. The SMILES string of the molecule is CC(C=NN(C)C)=NN(C)C(=N)N. The molecule has 0 aliphatic heterocycles. The Bertz CT molecular complexity index is 229. The first-order valence-electron chi connectivity index (χ1n) is 3.77. The summed E-state index contributed by atoms with van der Waals surface area (Å²) in [6.45, 7) is 1.78. The highest BCUT2D eigenvalue weighted by Crippen LogP contribution is 1.83. The van der Waals surface area contributed by atoms with E-state index in [2.05, 4.69) is 10.2 Å². The van der Waals surface area contributed by atoms with Crippen LogP contribution >= 0.6 is 0 Å². The van der Waals surface area contributed by atoms with Crippen LogP contribution in [0, 0.1) is 5.41 Å². The van der Waals surface area contributed by atoms with Crippen molar-refractivity contribution in [2.45, 2.75) is 6.92 Å². The van der Waals surface area contributed by atoms with Gasteiger partial charge in [0, 0.05) is 21.1 Å². The van der Waals surface area contributed by atoms with Crippen LogP contribution in [-0.4, -0.2) is 49.0 Å². The van der Waals surface area contributed by atoms with Crippen LogP contribution in [0.2, 0.25) is 0 Å². The third-order valence-corrected chi connectivity index (χ3v) is 1.13. The quantitative estimate of drug-likeness (QED) is 0.360. The van der Waals surface area contributed by atoms with Crippen LogP contribution in [-0.2, 0) is 0 Å². The lowest BCUT2D eigenvalue weighted by Crippen LogP contribution is -2.29. The molecule has 0 aromatic heterocycles. The fourth-order valence-corrected chi connectivity index (χ4v) is 0.515. The van der Waals surface area contributed by atoms with Gasteiger partial charge in [0.15, 0.2) is 0 Å². The predicted octanol–water partition coefficient (Wildman–Crippen LogP) is -0.265. The highest BCUT2D eigenvalue weighted by atomic mass is 15.5. The number of hydrazone groups is 2. The number of nitrogens with two attached hydrogens (primary N) is 1. The van der Waals surface area contributed by atoms with Crippen LogP contribution in [0.25, 0.3) is 0 Å². The number of rotatable bonds is 3. The summed E-state index contributed by atoms with van der Waals surface area (Å²) in [6, 6.07) is 0. The maximum Gasteiger partial charge on any atom is 0.208 e. The number of nitrogens with zero attached hydrogens (tertiary/aromatic N) is 4. The average molecular weight is 184 g/mol. The fourth-order valence-electron chi connectivity index (χ4n) is 0.515. The van der Waals surface area contributed by atoms with E-state index in [1.54, 1.807) is 25.2 Å². The van der Waals surface area contributed by atoms with E-state index < -0.39 is 0 Å². The molecule has 0 atom stereocenters. The number of hydrogen-bond acceptors (Lipinski definition) is 4. The molecule has 13 heavy (non-hydrogen) atoms. The Hall–Kier alpha value is -1.59. The van der Waals surface area contributed by atoms with Crippen LogP contribution < -0.4 is 5.73 Å². The van der Waals surface area contributed by atoms with Crippen molar-refractivity contribution in [3.05, 3.63) is 0 Å². The Morgan fingerprint density at radius 1 is 1.38 bits per heavy atom. The second-order valence-electron chi connectivity index (χ2n) is 2.74. The lowest BCUT2D eigenvalue weighted by molar-refractivity contribution is 0.441. The van der Waals surface area contributed by atoms with Gasteiger partial charge in [0.1, 0.15) is 0 Å². The maximum atomic E-state index is 7.05. The summed E-state index contributed by atoms with van der Waals surface area (Å²) in [4.78, 5) is 0. The predicted molar refractivity (Wildman–Crippen MR) is 55.0 cm³/mol. The van der Waals surface area contributed by atoms with Crippen LogP contribution in [0.5, 0.6) is 0 Å². The van der Waals surface area contributed by atoms with Gasteiger partial charge in [-0.3, -0.25) is 5.41 Å². The van der Waals surface area contributed by atoms with Gasteiger partial charge in [-0.1, -0.05) is 0 Å². The molecular weight excluding hydrogens is 168 g/mol. The van der Waals surface area contributed by atoms with E-state index in [1.807, 2.05) is 14.1 Å². The monoisotopic (exact) mass is 184 g/mol. The molecule has 0 aromatic carbocycles. The number of nitrogens with one attached hydrogen (secondary N) is 1. The maximum absolute atomic E-state index is 7.05. The largest absolute Gasteiger partial charge is 0.369 e. The van der Waals surface area contributed by atoms with Gasteiger partial charge in [-0.15, -0.1) is 0 Å². The summed E-state index contributed by atoms with van der Waals surface area (Å²) in [5, 5.41) is 17.9. The van der Waals surface area contributed by atoms with E-state index in [1.165, 1.54) is 5.01 Å². The van der Waals surface area contributed by atoms with Crippen molar-refractivity contribution in [3.8, 4) is 0 Å². The molecule has 0 aromatic rings. The van der Waals surface area contributed by atoms with Crippen molar-refractivity contribution in [2.75, 3.05) is 21.1 Å². The van der Waals surface area contributed by atoms with Crippen molar-refractivity contribution in [1.82, 2.24) is 10.0 Å². The fraction of sp³-hybridized carbons (Fsp3) is 0.571. The summed E-state index contributed by atoms with van der Waals surface area (Å²) < 4.78 is 0. The molecule has 6 nitrogen and oxygen atoms in total. The van der Waals surface area contributed by atoms with E-state index >= 15 is 0 Å². The number of hydrogen-bond donors (Lipinski definition) is 2. The Balaban J connectivity index is 4.24. The summed E-state index contributed by atoms with van der Waals surface area (Å²) in [6.07, 6.45) is 1.60. The highest BCUT2D eigenvalue weighted by Gasteiger charge is 1.95. The zero-order valence-electron chi connectivity index (χ0n) is 8.44. The summed E-state index contributed by atoms with van der Waals surface area (Å²) in [5.41, 5.74) is 5.87. The normalized spacial score (nSPS) is 11.8. The Morgan fingerprint density at radius 3 is 2.31 bits per heavy atom. The third-order valence-electron chi connectivity index (χ3n) is 1.13. The van der Waals surface area contributed by atoms with E-state index in [-0.39, 0.29) is 5.96 Å². The minimum atomic E-state index is -0.0994. The number of guanidine groups is 1. The second kappa shape index (κ2) is 5.13. The second-order valence-corrected chi connectivity index (χ2v) is 2.74. The van der Waals surface area contributed by atoms with Gasteiger partial charge in [-0.05, 0) is 6.92 Å². The average Bonchev–Trinajstić information content (AvgIpc) is 2.00. The van der Waals surface area contributed by atoms with Crippen molar-refractivity contribution in [3.63, 3.8) is 0 Å². The van der Waals surface area contributed by atoms with Crippen molar-refractivity contribution in [2.24, 2.45) is 15.9 Å². The molecule has 0 unspecified atom stereocenters. The molecule has 0 aliphatic rings. The van der Waals surface area contributed by atoms with E-state index in [0.717, 1.165) is 0 Å². The zero-order chi connectivity index (χ0) is 10.4. The molecule has 0 spiro atoms. The Labute approximate surface area is 78.2 Å². The van der Waals surface area contributed by atoms with E-state index in [4.69, 9.17) is 11.1 Å². The van der Waals surface area contributed by atoms with Crippen LogP contribution in [0.15, 0.2) is 10.2 Å². The first kappa shape index (κ1) is 11.4. The van der Waals surface area contributed by atoms with Gasteiger partial charge in [0.25, 0.3) is 0 Å². The molecule has 0 saturated carbocycles. The summed E-state index contributed by atoms with van der Waals surface area (Å²) >= 11 is 0. The zero-order valence-corrected chi connectivity index (χ0v) is 8.44. The molecule has 0 radical (unpaired) electrons. The smallest absolute Gasteiger partial charge is 0.208 e. The Kier molecular flexibility index (Phi) is 4.50. The van der Waals surface area contributed by atoms with Gasteiger partial charge in [0.05, 0.1) is 11.9 Å². The molecule has 0 bridgehead atoms. The van der Waals surface area contributed by atoms with Crippen LogP contribution in [0.1, 0.15) is 6.92 Å². The van der Waals surface area contributed by atoms with E-state index in [0.29, 0.717) is 5.71 Å². The first-order chi connectivity index (χ1) is 5.93. The first-order valence-corrected chi connectivity index (χ1v) is 3.77. The van der Waals surface area contributed by atoms with Gasteiger partial charge in [-0.2, -0.15) is 10.2 Å². The van der Waals surface area contributed by atoms with Crippen LogP contribution in [0.4, 0.5) is 0 Å². The molecule has 0 saturated heterocycles. The molecule has 74 valence electrons. The molecule has 0 rings (SSSR count). The van der Waals surface area contributed by atoms with Gasteiger partial charge >= 0.3 is 0 Å². The Morgan fingerprint density at radius 2 is 1.92 bits per heavy atom. The summed E-state index contributed by atoms with van der Waals surface area (Å²) in [5.74, 6) is -0.0994. The van der Waals surface area contributed by atoms with Crippen molar-refractivity contribution >= 4 is 17.9 Å². The van der Waals surface area contributed by atoms with Gasteiger partial charge < -0.3 is 10.7 Å². The van der Waals surface area contributed by atoms with Gasteiger partial charge in [0.2, 0.25) is 5.96 Å². The minimum absolute atomic E-state index is 0.0994. The molecule has 6 heteroatoms. The highest BCUT2D eigenvalue weighted by molar-refractivity contribution is 6.29. The lowest BCUT2D eigenvalue weighted by Gasteiger charge is -2.09.